The van der Waals surface area contributed by atoms with Crippen LogP contribution in [0.25, 0.3) is 11.0 Å². The lowest BCUT2D eigenvalue weighted by Crippen LogP contribution is -2.11. The number of nitrogens with one attached hydrogen (secondary N) is 2. The van der Waals surface area contributed by atoms with E-state index in [0.717, 1.165) is 29.0 Å². The van der Waals surface area contributed by atoms with Gasteiger partial charge in [-0.2, -0.15) is 0 Å². The van der Waals surface area contributed by atoms with Gasteiger partial charge in [0.2, 0.25) is 0 Å². The fraction of sp³-hybridized carbons (Fsp3) is 0.158. The predicted octanol–water partition coefficient (Wildman–Crippen LogP) is 2.72. The van der Waals surface area contributed by atoms with Crippen LogP contribution in [0.3, 0.4) is 0 Å². The van der Waals surface area contributed by atoms with Crippen LogP contribution in [0, 0.1) is 0 Å². The maximum atomic E-state index is 11.7. The van der Waals surface area contributed by atoms with Crippen LogP contribution in [0.1, 0.15) is 11.3 Å². The van der Waals surface area contributed by atoms with Crippen molar-refractivity contribution in [2.45, 2.75) is 13.1 Å². The number of aromatic nitrogens is 4. The Morgan fingerprint density at radius 3 is 2.84 bits per heavy atom. The number of H-pyrrole nitrogens is 1. The number of aryl methyl sites for hydroxylation is 1. The van der Waals surface area contributed by atoms with Crippen molar-refractivity contribution < 1.29 is 0 Å². The summed E-state index contributed by atoms with van der Waals surface area (Å²) in [6, 6.07) is 16.2. The third-order valence-corrected chi connectivity index (χ3v) is 4.37. The standard InChI is InChI=1S/C19H19N5O/c1-23-18-8-7-15(9-17(18)22-19(23)25)21-11-16-10-20-13-24(16)12-14-5-3-2-4-6-14/h2-10,13,21H,11-12H2,1H3,(H,22,25). The maximum absolute atomic E-state index is 11.7. The fourth-order valence-corrected chi connectivity index (χ4v) is 2.96. The highest BCUT2D eigenvalue weighted by Gasteiger charge is 2.06. The molecule has 4 aromatic rings. The highest BCUT2D eigenvalue weighted by atomic mass is 16.1. The summed E-state index contributed by atoms with van der Waals surface area (Å²) in [6.45, 7) is 1.46. The Morgan fingerprint density at radius 1 is 1.16 bits per heavy atom. The second-order valence-corrected chi connectivity index (χ2v) is 6.07. The summed E-state index contributed by atoms with van der Waals surface area (Å²) in [7, 11) is 1.76. The lowest BCUT2D eigenvalue weighted by atomic mass is 10.2. The molecule has 0 saturated heterocycles. The molecule has 2 N–H and O–H groups in total. The van der Waals surface area contributed by atoms with Gasteiger partial charge >= 0.3 is 5.69 Å². The number of benzene rings is 2. The molecule has 0 unspecified atom stereocenters. The topological polar surface area (TPSA) is 67.6 Å². The van der Waals surface area contributed by atoms with E-state index in [1.807, 2.05) is 48.9 Å². The van der Waals surface area contributed by atoms with Crippen molar-refractivity contribution >= 4 is 16.7 Å². The van der Waals surface area contributed by atoms with E-state index < -0.39 is 0 Å². The summed E-state index contributed by atoms with van der Waals surface area (Å²) in [6.07, 6.45) is 3.72. The van der Waals surface area contributed by atoms with Crippen molar-refractivity contribution in [2.75, 3.05) is 5.32 Å². The Kier molecular flexibility index (Phi) is 3.85. The normalized spacial score (nSPS) is 11.1. The Hall–Kier alpha value is -3.28. The van der Waals surface area contributed by atoms with E-state index in [2.05, 4.69) is 32.0 Å². The molecule has 0 fully saturated rings. The number of aromatic amines is 1. The summed E-state index contributed by atoms with van der Waals surface area (Å²) in [5.74, 6) is 0. The molecule has 6 nitrogen and oxygen atoms in total. The van der Waals surface area contributed by atoms with Crippen LogP contribution in [0.4, 0.5) is 5.69 Å². The third-order valence-electron chi connectivity index (χ3n) is 4.37. The molecule has 0 spiro atoms. The molecule has 2 aromatic heterocycles. The smallest absolute Gasteiger partial charge is 0.326 e. The molecule has 0 radical (unpaired) electrons. The molecule has 2 aromatic carbocycles. The van der Waals surface area contributed by atoms with E-state index in [0.29, 0.717) is 6.54 Å². The molecule has 2 heterocycles. The first kappa shape index (κ1) is 15.3. The molecule has 0 aliphatic carbocycles. The van der Waals surface area contributed by atoms with Crippen LogP contribution in [0.15, 0.2) is 65.8 Å². The number of hydrogen-bond acceptors (Lipinski definition) is 3. The summed E-state index contributed by atoms with van der Waals surface area (Å²) in [4.78, 5) is 18.8. The average Bonchev–Trinajstić information content (AvgIpc) is 3.18. The molecule has 0 bridgehead atoms. The molecule has 0 atom stereocenters. The van der Waals surface area contributed by atoms with Gasteiger partial charge in [-0.15, -0.1) is 0 Å². The van der Waals surface area contributed by atoms with Crippen molar-refractivity contribution in [1.29, 1.82) is 0 Å². The zero-order chi connectivity index (χ0) is 17.2. The molecule has 6 heteroatoms. The number of imidazole rings is 2. The van der Waals surface area contributed by atoms with Gasteiger partial charge in [0.1, 0.15) is 0 Å². The highest BCUT2D eigenvalue weighted by Crippen LogP contribution is 2.17. The lowest BCUT2D eigenvalue weighted by molar-refractivity contribution is 0.749. The highest BCUT2D eigenvalue weighted by molar-refractivity contribution is 5.79. The minimum absolute atomic E-state index is 0.104. The van der Waals surface area contributed by atoms with E-state index >= 15 is 0 Å². The van der Waals surface area contributed by atoms with Gasteiger partial charge in [-0.1, -0.05) is 30.3 Å². The first-order chi connectivity index (χ1) is 12.2. The molecule has 25 heavy (non-hydrogen) atoms. The SMILES string of the molecule is Cn1c(=O)[nH]c2cc(NCc3cncn3Cc3ccccc3)ccc21. The number of hydrogen-bond donors (Lipinski definition) is 2. The first-order valence-corrected chi connectivity index (χ1v) is 8.16. The van der Waals surface area contributed by atoms with Crippen LogP contribution in [0.5, 0.6) is 0 Å². The Balaban J connectivity index is 1.50. The van der Waals surface area contributed by atoms with Crippen molar-refractivity contribution in [2.24, 2.45) is 7.05 Å². The van der Waals surface area contributed by atoms with Crippen LogP contribution >= 0.6 is 0 Å². The number of rotatable bonds is 5. The minimum Gasteiger partial charge on any atom is -0.379 e. The molecule has 0 amide bonds. The third kappa shape index (κ3) is 3.06. The Labute approximate surface area is 144 Å². The lowest BCUT2D eigenvalue weighted by Gasteiger charge is -2.10. The number of fused-ring (bicyclic) bond motifs is 1. The van der Waals surface area contributed by atoms with Crippen LogP contribution in [-0.2, 0) is 20.1 Å². The van der Waals surface area contributed by atoms with Gasteiger partial charge in [0, 0.05) is 25.5 Å². The maximum Gasteiger partial charge on any atom is 0.326 e. The quantitative estimate of drug-likeness (QED) is 0.590. The van der Waals surface area contributed by atoms with Gasteiger partial charge in [-0.3, -0.25) is 4.57 Å². The predicted molar refractivity (Wildman–Crippen MR) is 98.6 cm³/mol. The zero-order valence-corrected chi connectivity index (χ0v) is 13.9. The van der Waals surface area contributed by atoms with Crippen LogP contribution < -0.4 is 11.0 Å². The van der Waals surface area contributed by atoms with Gasteiger partial charge in [0.25, 0.3) is 0 Å². The molecular weight excluding hydrogens is 314 g/mol. The molecule has 4 rings (SSSR count). The first-order valence-electron chi connectivity index (χ1n) is 8.16. The molecule has 0 aliphatic rings. The summed E-state index contributed by atoms with van der Waals surface area (Å²) >= 11 is 0. The van der Waals surface area contributed by atoms with Crippen LogP contribution in [0.2, 0.25) is 0 Å². The molecular formula is C19H19N5O. The minimum atomic E-state index is -0.104. The monoisotopic (exact) mass is 333 g/mol. The van der Waals surface area contributed by atoms with Crippen molar-refractivity contribution in [3.05, 3.63) is 82.8 Å². The Bertz CT molecular complexity index is 1060. The summed E-state index contributed by atoms with van der Waals surface area (Å²) in [5.41, 5.74) is 4.92. The summed E-state index contributed by atoms with van der Waals surface area (Å²) < 4.78 is 3.74. The van der Waals surface area contributed by atoms with Gasteiger partial charge in [0.15, 0.2) is 0 Å². The Morgan fingerprint density at radius 2 is 2.00 bits per heavy atom. The number of nitrogens with zero attached hydrogens (tertiary/aromatic N) is 3. The second-order valence-electron chi connectivity index (χ2n) is 6.07. The van der Waals surface area contributed by atoms with Gasteiger partial charge in [0.05, 0.1) is 29.6 Å². The van der Waals surface area contributed by atoms with Gasteiger partial charge in [-0.25, -0.2) is 9.78 Å². The molecule has 0 aliphatic heterocycles. The number of anilines is 1. The van der Waals surface area contributed by atoms with E-state index in [1.165, 1.54) is 5.56 Å². The van der Waals surface area contributed by atoms with Crippen LogP contribution in [-0.4, -0.2) is 19.1 Å². The average molecular weight is 333 g/mol. The van der Waals surface area contributed by atoms with Gasteiger partial charge in [-0.05, 0) is 23.8 Å². The van der Waals surface area contributed by atoms with Crippen molar-refractivity contribution in [1.82, 2.24) is 19.1 Å². The van der Waals surface area contributed by atoms with E-state index in [-0.39, 0.29) is 5.69 Å². The van der Waals surface area contributed by atoms with Crippen molar-refractivity contribution in [3.8, 4) is 0 Å². The summed E-state index contributed by atoms with van der Waals surface area (Å²) in [5, 5.41) is 3.40. The fourth-order valence-electron chi connectivity index (χ4n) is 2.96. The molecule has 126 valence electrons. The van der Waals surface area contributed by atoms with E-state index in [1.54, 1.807) is 11.6 Å². The van der Waals surface area contributed by atoms with E-state index in [9.17, 15) is 4.79 Å². The zero-order valence-electron chi connectivity index (χ0n) is 13.9. The van der Waals surface area contributed by atoms with Gasteiger partial charge < -0.3 is 14.9 Å². The van der Waals surface area contributed by atoms with E-state index in [4.69, 9.17) is 0 Å². The second kappa shape index (κ2) is 6.32. The largest absolute Gasteiger partial charge is 0.379 e. The molecule has 0 saturated carbocycles. The van der Waals surface area contributed by atoms with Crippen molar-refractivity contribution in [3.63, 3.8) is 0 Å².